The summed E-state index contributed by atoms with van der Waals surface area (Å²) in [7, 11) is 1.80. The lowest BCUT2D eigenvalue weighted by Gasteiger charge is -2.40. The van der Waals surface area contributed by atoms with E-state index in [2.05, 4.69) is 9.88 Å². The maximum atomic E-state index is 13.9. The Bertz CT molecular complexity index is 1280. The zero-order chi connectivity index (χ0) is 32.5. The van der Waals surface area contributed by atoms with Gasteiger partial charge >= 0.3 is 17.9 Å². The molecule has 5 N–H and O–H groups in total. The van der Waals surface area contributed by atoms with Crippen LogP contribution in [0.15, 0.2) is 29.1 Å². The minimum atomic E-state index is -2.74. The quantitative estimate of drug-likeness (QED) is 0.212. The van der Waals surface area contributed by atoms with Gasteiger partial charge in [0.05, 0.1) is 42.2 Å². The first-order valence-electron chi connectivity index (χ1n) is 14.1. The van der Waals surface area contributed by atoms with Gasteiger partial charge in [-0.1, -0.05) is 6.07 Å². The summed E-state index contributed by atoms with van der Waals surface area (Å²) < 4.78 is 20.0. The Labute approximate surface area is 257 Å². The van der Waals surface area contributed by atoms with Crippen LogP contribution in [0.1, 0.15) is 48.9 Å². The largest absolute Gasteiger partial charge is 0.481 e. The minimum absolute atomic E-state index is 0.0741. The molecule has 1 fully saturated rings. The highest BCUT2D eigenvalue weighted by atomic mass is 32.1. The van der Waals surface area contributed by atoms with Gasteiger partial charge < -0.3 is 40.1 Å². The number of fused-ring (bicyclic) bond motifs is 2. The highest BCUT2D eigenvalue weighted by Crippen LogP contribution is 2.44. The first-order chi connectivity index (χ1) is 20.8. The summed E-state index contributed by atoms with van der Waals surface area (Å²) >= 11 is 1.54. The van der Waals surface area contributed by atoms with E-state index in [0.717, 1.165) is 42.8 Å². The smallest absolute Gasteiger partial charge is 0.336 e. The van der Waals surface area contributed by atoms with Crippen molar-refractivity contribution >= 4 is 35.2 Å². The number of likely N-dealkylation sites (tertiary alicyclic amines) is 1. The third-order valence-electron chi connectivity index (χ3n) is 7.81. The van der Waals surface area contributed by atoms with Gasteiger partial charge in [0.2, 0.25) is 5.91 Å². The van der Waals surface area contributed by atoms with Crippen molar-refractivity contribution < 1.29 is 53.8 Å². The number of carboxylic acid groups (broad SMARTS) is 3. The van der Waals surface area contributed by atoms with Crippen molar-refractivity contribution in [1.82, 2.24) is 14.8 Å². The zero-order valence-corrected chi connectivity index (χ0v) is 25.2. The molecule has 0 bridgehead atoms. The molecule has 2 aromatic rings. The van der Waals surface area contributed by atoms with E-state index in [0.29, 0.717) is 32.5 Å². The number of rotatable bonds is 13. The van der Waals surface area contributed by atoms with Gasteiger partial charge in [0.15, 0.2) is 5.60 Å². The van der Waals surface area contributed by atoms with Gasteiger partial charge in [0.1, 0.15) is 5.82 Å². The molecule has 4 rings (SSSR count). The maximum Gasteiger partial charge on any atom is 0.336 e. The summed E-state index contributed by atoms with van der Waals surface area (Å²) in [6, 6.07) is 4.96. The van der Waals surface area contributed by atoms with Crippen molar-refractivity contribution in [3.8, 4) is 0 Å². The van der Waals surface area contributed by atoms with E-state index in [-0.39, 0.29) is 24.2 Å². The number of thiazole rings is 1. The second-order valence-electron chi connectivity index (χ2n) is 11.1. The fourth-order valence-electron chi connectivity index (χ4n) is 5.48. The molecule has 3 heterocycles. The number of piperidine rings is 1. The number of hydrogen-bond donors (Lipinski definition) is 5. The van der Waals surface area contributed by atoms with E-state index in [4.69, 9.17) is 30.3 Å². The molecule has 2 aliphatic heterocycles. The number of carbonyl (C=O) groups excluding carboxylic acids is 1. The van der Waals surface area contributed by atoms with Crippen LogP contribution in [-0.4, -0.2) is 110 Å². The van der Waals surface area contributed by atoms with Gasteiger partial charge in [-0.25, -0.2) is 14.2 Å². The normalized spacial score (nSPS) is 16.5. The number of aliphatic carboxylic acids is 3. The lowest BCUT2D eigenvalue weighted by atomic mass is 9.83. The molecule has 1 atom stereocenters. The first kappa shape index (κ1) is 35.0. The first-order valence-corrected chi connectivity index (χ1v) is 15.0. The Kier molecular flexibility index (Phi) is 12.3. The highest BCUT2D eigenvalue weighted by molar-refractivity contribution is 7.07. The van der Waals surface area contributed by atoms with Crippen molar-refractivity contribution in [2.75, 3.05) is 39.8 Å². The van der Waals surface area contributed by atoms with Crippen molar-refractivity contribution in [3.63, 3.8) is 0 Å². The maximum absolute atomic E-state index is 13.9. The fourth-order valence-corrected chi connectivity index (χ4v) is 6.05. The van der Waals surface area contributed by atoms with Crippen molar-refractivity contribution in [2.45, 2.75) is 56.3 Å². The Morgan fingerprint density at radius 3 is 2.36 bits per heavy atom. The molecule has 0 radical (unpaired) electrons. The highest BCUT2D eigenvalue weighted by Gasteiger charge is 2.43. The van der Waals surface area contributed by atoms with E-state index >= 15 is 0 Å². The molecule has 1 saturated heterocycles. The predicted octanol–water partition coefficient (Wildman–Crippen LogP) is 1.55. The summed E-state index contributed by atoms with van der Waals surface area (Å²) in [5, 5.41) is 44.9. The lowest BCUT2D eigenvalue weighted by Crippen LogP contribution is -2.47. The second-order valence-corrected chi connectivity index (χ2v) is 11.8. The number of aliphatic hydroxyl groups is 2. The molecule has 242 valence electrons. The predicted molar refractivity (Wildman–Crippen MR) is 154 cm³/mol. The number of benzene rings is 1. The van der Waals surface area contributed by atoms with Crippen LogP contribution in [0.2, 0.25) is 0 Å². The monoisotopic (exact) mass is 639 g/mol. The van der Waals surface area contributed by atoms with Gasteiger partial charge in [0, 0.05) is 51.6 Å². The molecule has 2 aliphatic rings. The van der Waals surface area contributed by atoms with Crippen LogP contribution in [0.4, 0.5) is 4.39 Å². The van der Waals surface area contributed by atoms with E-state index in [1.807, 2.05) is 11.4 Å². The molecule has 1 aromatic heterocycles. The Morgan fingerprint density at radius 1 is 1.16 bits per heavy atom. The van der Waals surface area contributed by atoms with Gasteiger partial charge in [-0.2, -0.15) is 0 Å². The van der Waals surface area contributed by atoms with Gasteiger partial charge in [-0.05, 0) is 42.5 Å². The Hall–Kier alpha value is -3.50. The van der Waals surface area contributed by atoms with Gasteiger partial charge in [0.25, 0.3) is 0 Å². The fraction of sp³-hybridized carbons (Fsp3) is 0.552. The summed E-state index contributed by atoms with van der Waals surface area (Å²) in [5.74, 6) is -5.33. The molecular weight excluding hydrogens is 601 g/mol. The number of aromatic nitrogens is 1. The van der Waals surface area contributed by atoms with Crippen molar-refractivity contribution in [1.29, 1.82) is 0 Å². The molecule has 0 saturated carbocycles. The van der Waals surface area contributed by atoms with Crippen molar-refractivity contribution in [3.05, 3.63) is 51.7 Å². The second kappa shape index (κ2) is 15.5. The van der Waals surface area contributed by atoms with E-state index in [1.165, 1.54) is 17.4 Å². The van der Waals surface area contributed by atoms with Crippen LogP contribution in [0.5, 0.6) is 0 Å². The Balaban J connectivity index is 0.000000345. The average molecular weight is 640 g/mol. The third-order valence-corrected chi connectivity index (χ3v) is 8.45. The van der Waals surface area contributed by atoms with Crippen LogP contribution in [0, 0.1) is 11.7 Å². The lowest BCUT2D eigenvalue weighted by molar-refractivity contribution is -0.170. The van der Waals surface area contributed by atoms with Crippen LogP contribution in [-0.2, 0) is 42.5 Å². The summed E-state index contributed by atoms with van der Waals surface area (Å²) in [6.07, 6.45) is 0.481. The number of aliphatic hydroxyl groups excluding tert-OH is 1. The number of carboxylic acids is 3. The molecule has 1 aromatic carbocycles. The number of nitrogens with zero attached hydrogens (tertiary/aromatic N) is 3. The number of hydrogen-bond acceptors (Lipinski definition) is 10. The summed E-state index contributed by atoms with van der Waals surface area (Å²) in [6.45, 7) is 3.42. The molecule has 13 nitrogen and oxygen atoms in total. The molecule has 0 aliphatic carbocycles. The third kappa shape index (κ3) is 9.25. The molecule has 1 spiro atoms. The van der Waals surface area contributed by atoms with Crippen LogP contribution in [0.3, 0.4) is 0 Å². The van der Waals surface area contributed by atoms with E-state index in [1.54, 1.807) is 23.5 Å². The zero-order valence-electron chi connectivity index (χ0n) is 24.4. The number of amides is 1. The molecular formula is C29H38FN3O10S. The SMILES string of the molecule is CN(CCCO)C(=O)C(Cc1cscn1)CN1CCC2(CC1)OCc1ccc(F)cc12.O=C(O)CC(O)(CC(=O)O)C(=O)O. The Morgan fingerprint density at radius 2 is 1.82 bits per heavy atom. The van der Waals surface area contributed by atoms with Crippen molar-refractivity contribution in [2.24, 2.45) is 5.92 Å². The van der Waals surface area contributed by atoms with Crippen LogP contribution >= 0.6 is 11.3 Å². The topological polar surface area (TPSA) is 198 Å². The van der Waals surface area contributed by atoms with E-state index < -0.39 is 42.0 Å². The average Bonchev–Trinajstić information content (AvgIpc) is 3.60. The molecule has 1 amide bonds. The molecule has 15 heteroatoms. The summed E-state index contributed by atoms with van der Waals surface area (Å²) in [4.78, 5) is 52.0. The van der Waals surface area contributed by atoms with Crippen LogP contribution < -0.4 is 0 Å². The summed E-state index contributed by atoms with van der Waals surface area (Å²) in [5.41, 5.74) is 1.67. The van der Waals surface area contributed by atoms with Crippen LogP contribution in [0.25, 0.3) is 0 Å². The number of ether oxygens (including phenoxy) is 1. The minimum Gasteiger partial charge on any atom is -0.481 e. The van der Waals surface area contributed by atoms with Gasteiger partial charge in [-0.3, -0.25) is 14.4 Å². The number of carbonyl (C=O) groups is 4. The standard InChI is InChI=1S/C23H30FN3O3S.C6H8O7/c1-26(7-2-10-28)22(29)18(11-20-15-31-16-25-20)13-27-8-5-23(6-9-27)21-12-19(24)4-3-17(21)14-30-23;7-3(8)1-6(13,5(11)12)2-4(9)10/h3-4,12,15-16,18,28H,2,5-11,13-14H2,1H3;13H,1-2H2,(H,7,8)(H,9,10)(H,11,12). The molecule has 44 heavy (non-hydrogen) atoms. The number of halogens is 1. The van der Waals surface area contributed by atoms with E-state index in [9.17, 15) is 23.6 Å². The molecule has 1 unspecified atom stereocenters. The van der Waals surface area contributed by atoms with Gasteiger partial charge in [-0.15, -0.1) is 11.3 Å².